The van der Waals surface area contributed by atoms with Crippen LogP contribution in [0.2, 0.25) is 5.15 Å². The summed E-state index contributed by atoms with van der Waals surface area (Å²) in [5.74, 6) is -0.464. The number of hydrogen-bond acceptors (Lipinski definition) is 5. The number of halogens is 1. The number of ketones is 1. The molecule has 0 aliphatic rings. The number of ether oxygens (including phenoxy) is 2. The minimum atomic E-state index is -0.690. The third kappa shape index (κ3) is 3.79. The molecule has 0 aliphatic heterocycles. The van der Waals surface area contributed by atoms with Crippen LogP contribution in [0.4, 0.5) is 0 Å². The average molecular weight is 306 g/mol. The van der Waals surface area contributed by atoms with Gasteiger partial charge >= 0.3 is 5.97 Å². The van der Waals surface area contributed by atoms with E-state index in [-0.39, 0.29) is 23.1 Å². The Kier molecular flexibility index (Phi) is 4.90. The van der Waals surface area contributed by atoms with E-state index in [0.717, 1.165) is 0 Å². The number of carbonyl (C=O) groups is 2. The molecule has 1 heterocycles. The highest BCUT2D eigenvalue weighted by molar-refractivity contribution is 6.32. The molecule has 0 aliphatic carbocycles. The molecule has 6 heteroatoms. The number of esters is 1. The minimum Gasteiger partial charge on any atom is -0.497 e. The molecule has 5 nitrogen and oxygen atoms in total. The SMILES string of the molecule is COc1cccc(C(=O)COC(=O)c2cccnc2Cl)c1. The third-order valence-electron chi connectivity index (χ3n) is 2.71. The number of hydrogen-bond donors (Lipinski definition) is 0. The highest BCUT2D eigenvalue weighted by atomic mass is 35.5. The molecule has 21 heavy (non-hydrogen) atoms. The first-order valence-corrected chi connectivity index (χ1v) is 6.44. The van der Waals surface area contributed by atoms with E-state index in [2.05, 4.69) is 4.98 Å². The first-order chi connectivity index (χ1) is 10.1. The van der Waals surface area contributed by atoms with Crippen molar-refractivity contribution < 1.29 is 19.1 Å². The number of aromatic nitrogens is 1. The number of carbonyl (C=O) groups excluding carboxylic acids is 2. The van der Waals surface area contributed by atoms with Crippen molar-refractivity contribution in [1.29, 1.82) is 0 Å². The first kappa shape index (κ1) is 15.0. The number of Topliss-reactive ketones (excluding diaryl/α,β-unsaturated/α-hetero) is 1. The lowest BCUT2D eigenvalue weighted by molar-refractivity contribution is 0.0474. The Morgan fingerprint density at radius 2 is 2.05 bits per heavy atom. The minimum absolute atomic E-state index is 0.0383. The monoisotopic (exact) mass is 305 g/mol. The molecule has 2 rings (SSSR count). The summed E-state index contributed by atoms with van der Waals surface area (Å²) in [6, 6.07) is 9.65. The van der Waals surface area contributed by atoms with Gasteiger partial charge in [-0.2, -0.15) is 0 Å². The van der Waals surface area contributed by atoms with E-state index >= 15 is 0 Å². The third-order valence-corrected chi connectivity index (χ3v) is 3.01. The lowest BCUT2D eigenvalue weighted by atomic mass is 10.1. The summed E-state index contributed by atoms with van der Waals surface area (Å²) in [5, 5.41) is 0.0383. The van der Waals surface area contributed by atoms with E-state index in [9.17, 15) is 9.59 Å². The fourth-order valence-electron chi connectivity index (χ4n) is 1.63. The molecule has 0 saturated heterocycles. The highest BCUT2D eigenvalue weighted by Crippen LogP contribution is 2.15. The van der Waals surface area contributed by atoms with Crippen molar-refractivity contribution in [3.63, 3.8) is 0 Å². The van der Waals surface area contributed by atoms with Gasteiger partial charge in [-0.3, -0.25) is 4.79 Å². The van der Waals surface area contributed by atoms with Gasteiger partial charge in [0.15, 0.2) is 12.4 Å². The summed E-state index contributed by atoms with van der Waals surface area (Å²) in [6.07, 6.45) is 1.46. The predicted molar refractivity (Wildman–Crippen MR) is 76.9 cm³/mol. The molecular weight excluding hydrogens is 294 g/mol. The van der Waals surface area contributed by atoms with E-state index in [1.807, 2.05) is 0 Å². The zero-order chi connectivity index (χ0) is 15.2. The summed E-state index contributed by atoms with van der Waals surface area (Å²) < 4.78 is 9.97. The topological polar surface area (TPSA) is 65.5 Å². The van der Waals surface area contributed by atoms with Gasteiger partial charge in [-0.1, -0.05) is 23.7 Å². The van der Waals surface area contributed by atoms with Gasteiger partial charge in [0, 0.05) is 11.8 Å². The molecule has 0 spiro atoms. The van der Waals surface area contributed by atoms with Gasteiger partial charge in [0.1, 0.15) is 10.9 Å². The van der Waals surface area contributed by atoms with Crippen LogP contribution in [0.5, 0.6) is 5.75 Å². The largest absolute Gasteiger partial charge is 0.497 e. The summed E-state index contributed by atoms with van der Waals surface area (Å²) in [5.41, 5.74) is 0.525. The summed E-state index contributed by atoms with van der Waals surface area (Å²) in [4.78, 5) is 27.5. The molecule has 1 aromatic heterocycles. The Labute approximate surface area is 126 Å². The van der Waals surface area contributed by atoms with Crippen LogP contribution >= 0.6 is 11.6 Å². The molecule has 0 saturated carbocycles. The molecule has 1 aromatic carbocycles. The van der Waals surface area contributed by atoms with Crippen LogP contribution in [-0.2, 0) is 4.74 Å². The van der Waals surface area contributed by atoms with Crippen molar-refractivity contribution >= 4 is 23.4 Å². The number of nitrogens with zero attached hydrogens (tertiary/aromatic N) is 1. The van der Waals surface area contributed by atoms with Gasteiger partial charge in [0.05, 0.1) is 12.7 Å². The van der Waals surface area contributed by atoms with Crippen LogP contribution in [0.3, 0.4) is 0 Å². The maximum atomic E-state index is 12.0. The van der Waals surface area contributed by atoms with E-state index in [4.69, 9.17) is 21.1 Å². The van der Waals surface area contributed by atoms with Crippen molar-refractivity contribution in [2.75, 3.05) is 13.7 Å². The normalized spacial score (nSPS) is 10.0. The second-order valence-electron chi connectivity index (χ2n) is 4.07. The molecule has 108 valence electrons. The summed E-state index contributed by atoms with van der Waals surface area (Å²) >= 11 is 5.78. The molecule has 0 amide bonds. The maximum absolute atomic E-state index is 12.0. The van der Waals surface area contributed by atoms with Gasteiger partial charge in [0.25, 0.3) is 0 Å². The fraction of sp³-hybridized carbons (Fsp3) is 0.133. The molecular formula is C15H12ClNO4. The molecule has 0 atom stereocenters. The van der Waals surface area contributed by atoms with Crippen molar-refractivity contribution in [3.05, 3.63) is 58.9 Å². The second kappa shape index (κ2) is 6.85. The Morgan fingerprint density at radius 3 is 2.76 bits per heavy atom. The van der Waals surface area contributed by atoms with Gasteiger partial charge < -0.3 is 9.47 Å². The van der Waals surface area contributed by atoms with Crippen LogP contribution in [0, 0.1) is 0 Å². The van der Waals surface area contributed by atoms with Crippen molar-refractivity contribution in [1.82, 2.24) is 4.98 Å². The lowest BCUT2D eigenvalue weighted by Crippen LogP contribution is -2.14. The highest BCUT2D eigenvalue weighted by Gasteiger charge is 2.15. The molecule has 0 N–H and O–H groups in total. The van der Waals surface area contributed by atoms with Crippen LogP contribution in [0.25, 0.3) is 0 Å². The number of benzene rings is 1. The van der Waals surface area contributed by atoms with E-state index < -0.39 is 5.97 Å². The molecule has 0 fully saturated rings. The van der Waals surface area contributed by atoms with Crippen LogP contribution in [0.1, 0.15) is 20.7 Å². The molecule has 2 aromatic rings. The van der Waals surface area contributed by atoms with Gasteiger partial charge in [-0.15, -0.1) is 0 Å². The summed E-state index contributed by atoms with van der Waals surface area (Å²) in [7, 11) is 1.51. The zero-order valence-electron chi connectivity index (χ0n) is 11.2. The van der Waals surface area contributed by atoms with Crippen LogP contribution in [0.15, 0.2) is 42.6 Å². The Balaban J connectivity index is 2.01. The van der Waals surface area contributed by atoms with Crippen molar-refractivity contribution in [3.8, 4) is 5.75 Å². The standard InChI is InChI=1S/C15H12ClNO4/c1-20-11-5-2-4-10(8-11)13(18)9-21-15(19)12-6-3-7-17-14(12)16/h2-8H,9H2,1H3. The fourth-order valence-corrected chi connectivity index (χ4v) is 1.82. The van der Waals surface area contributed by atoms with Gasteiger partial charge in [0.2, 0.25) is 0 Å². The quantitative estimate of drug-likeness (QED) is 0.483. The first-order valence-electron chi connectivity index (χ1n) is 6.06. The van der Waals surface area contributed by atoms with Crippen molar-refractivity contribution in [2.24, 2.45) is 0 Å². The Bertz CT molecular complexity index is 672. The van der Waals surface area contributed by atoms with Crippen molar-refractivity contribution in [2.45, 2.75) is 0 Å². The number of methoxy groups -OCH3 is 1. The molecule has 0 unspecified atom stereocenters. The van der Waals surface area contributed by atoms with E-state index in [1.165, 1.54) is 19.4 Å². The zero-order valence-corrected chi connectivity index (χ0v) is 12.0. The smallest absolute Gasteiger partial charge is 0.341 e. The van der Waals surface area contributed by atoms with Gasteiger partial charge in [-0.05, 0) is 24.3 Å². The summed E-state index contributed by atoms with van der Waals surface area (Å²) in [6.45, 7) is -0.378. The predicted octanol–water partition coefficient (Wildman–Crippen LogP) is 2.78. The number of rotatable bonds is 5. The Hall–Kier alpha value is -2.40. The lowest BCUT2D eigenvalue weighted by Gasteiger charge is -2.06. The second-order valence-corrected chi connectivity index (χ2v) is 4.43. The Morgan fingerprint density at radius 1 is 1.24 bits per heavy atom. The van der Waals surface area contributed by atoms with E-state index in [0.29, 0.717) is 11.3 Å². The molecule has 0 radical (unpaired) electrons. The maximum Gasteiger partial charge on any atom is 0.341 e. The average Bonchev–Trinajstić information content (AvgIpc) is 2.52. The molecule has 0 bridgehead atoms. The van der Waals surface area contributed by atoms with Gasteiger partial charge in [-0.25, -0.2) is 9.78 Å². The number of pyridine rings is 1. The van der Waals surface area contributed by atoms with E-state index in [1.54, 1.807) is 30.3 Å². The van der Waals surface area contributed by atoms with Crippen LogP contribution < -0.4 is 4.74 Å². The van der Waals surface area contributed by atoms with Crippen LogP contribution in [-0.4, -0.2) is 30.5 Å².